The number of aryl methyl sites for hydroxylation is 1. The largest absolute Gasteiger partial charge is 0.350 e. The van der Waals surface area contributed by atoms with Gasteiger partial charge in [-0.05, 0) is 37.3 Å². The lowest BCUT2D eigenvalue weighted by atomic mass is 10.0. The van der Waals surface area contributed by atoms with Crippen LogP contribution in [0.15, 0.2) is 34.8 Å². The summed E-state index contributed by atoms with van der Waals surface area (Å²) in [5.41, 5.74) is 2.34. The average Bonchev–Trinajstić information content (AvgIpc) is 2.80. The van der Waals surface area contributed by atoms with Gasteiger partial charge in [0.15, 0.2) is 5.69 Å². The fraction of sp³-hybridized carbons (Fsp3) is 0.333. The molecule has 0 saturated carbocycles. The van der Waals surface area contributed by atoms with Gasteiger partial charge in [-0.15, -0.1) is 12.4 Å². The molecule has 1 amide bonds. The normalized spacial score (nSPS) is 14.1. The smallest absolute Gasteiger partial charge is 0.271 e. The van der Waals surface area contributed by atoms with Crippen molar-refractivity contribution in [3.05, 3.63) is 46.2 Å². The second kappa shape index (κ2) is 7.26. The lowest BCUT2D eigenvalue weighted by Crippen LogP contribution is -2.48. The number of rotatable bonds is 4. The van der Waals surface area contributed by atoms with Gasteiger partial charge in [-0.3, -0.25) is 4.79 Å². The molecular weight excluding hydrogens is 368 g/mol. The van der Waals surface area contributed by atoms with Gasteiger partial charge in [-0.2, -0.15) is 5.10 Å². The van der Waals surface area contributed by atoms with Crippen molar-refractivity contribution < 1.29 is 4.79 Å². The zero-order valence-electron chi connectivity index (χ0n) is 12.2. The summed E-state index contributed by atoms with van der Waals surface area (Å²) in [5.74, 6) is 0.435. The first-order chi connectivity index (χ1) is 10.1. The van der Waals surface area contributed by atoms with Gasteiger partial charge in [0.1, 0.15) is 0 Å². The minimum atomic E-state index is -0.110. The summed E-state index contributed by atoms with van der Waals surface area (Å²) in [6, 6.07) is 9.66. The molecule has 118 valence electrons. The molecule has 2 heterocycles. The molecule has 0 unspecified atom stereocenters. The van der Waals surface area contributed by atoms with Crippen LogP contribution >= 0.6 is 28.3 Å². The monoisotopic (exact) mass is 384 g/mol. The number of amides is 1. The fourth-order valence-electron chi connectivity index (χ4n) is 2.25. The predicted octanol–water partition coefficient (Wildman–Crippen LogP) is 2.31. The van der Waals surface area contributed by atoms with Crippen LogP contribution in [0.2, 0.25) is 0 Å². The Morgan fingerprint density at radius 2 is 2.09 bits per heavy atom. The minimum absolute atomic E-state index is 0. The zero-order chi connectivity index (χ0) is 14.8. The number of hydrogen-bond acceptors (Lipinski definition) is 3. The molecule has 1 aromatic carbocycles. The van der Waals surface area contributed by atoms with E-state index in [2.05, 4.69) is 31.7 Å². The topological polar surface area (TPSA) is 59.0 Å². The van der Waals surface area contributed by atoms with Crippen molar-refractivity contribution in [2.75, 3.05) is 19.6 Å². The second-order valence-electron chi connectivity index (χ2n) is 5.29. The SMILES string of the molecule is Cc1cc(C(=O)NCC2CNC2)nn1-c1ccc(Br)cc1.Cl. The van der Waals surface area contributed by atoms with E-state index in [-0.39, 0.29) is 18.3 Å². The first-order valence-electron chi connectivity index (χ1n) is 6.95. The molecule has 1 aliphatic rings. The van der Waals surface area contributed by atoms with Gasteiger partial charge in [-0.25, -0.2) is 4.68 Å². The molecular formula is C15H18BrClN4O. The summed E-state index contributed by atoms with van der Waals surface area (Å²) in [5, 5.41) is 10.5. The Hall–Kier alpha value is -1.37. The third-order valence-corrected chi connectivity index (χ3v) is 4.14. The van der Waals surface area contributed by atoms with Crippen LogP contribution in [0.1, 0.15) is 16.2 Å². The first-order valence-corrected chi connectivity index (χ1v) is 7.74. The Kier molecular flexibility index (Phi) is 5.61. The highest BCUT2D eigenvalue weighted by molar-refractivity contribution is 9.10. The molecule has 0 spiro atoms. The predicted molar refractivity (Wildman–Crippen MR) is 91.9 cm³/mol. The quantitative estimate of drug-likeness (QED) is 0.849. The van der Waals surface area contributed by atoms with Crippen LogP contribution in [-0.2, 0) is 0 Å². The molecule has 1 aromatic heterocycles. The molecule has 22 heavy (non-hydrogen) atoms. The first kappa shape index (κ1) is 17.0. The summed E-state index contributed by atoms with van der Waals surface area (Å²) >= 11 is 3.41. The van der Waals surface area contributed by atoms with Crippen molar-refractivity contribution in [3.63, 3.8) is 0 Å². The number of aromatic nitrogens is 2. The molecule has 0 radical (unpaired) electrons. The molecule has 1 fully saturated rings. The molecule has 7 heteroatoms. The highest BCUT2D eigenvalue weighted by Gasteiger charge is 2.19. The van der Waals surface area contributed by atoms with Crippen LogP contribution in [0.25, 0.3) is 5.69 Å². The molecule has 0 atom stereocenters. The van der Waals surface area contributed by atoms with Crippen LogP contribution in [0.3, 0.4) is 0 Å². The Morgan fingerprint density at radius 1 is 1.41 bits per heavy atom. The molecule has 5 nitrogen and oxygen atoms in total. The Bertz CT molecular complexity index is 652. The number of hydrogen-bond donors (Lipinski definition) is 2. The highest BCUT2D eigenvalue weighted by atomic mass is 79.9. The molecule has 2 N–H and O–H groups in total. The van der Waals surface area contributed by atoms with Crippen LogP contribution in [0.4, 0.5) is 0 Å². The molecule has 0 bridgehead atoms. The lowest BCUT2D eigenvalue weighted by Gasteiger charge is -2.26. The van der Waals surface area contributed by atoms with E-state index in [4.69, 9.17) is 0 Å². The number of nitrogens with one attached hydrogen (secondary N) is 2. The van der Waals surface area contributed by atoms with Crippen molar-refractivity contribution in [2.24, 2.45) is 5.92 Å². The molecule has 2 aromatic rings. The Balaban J connectivity index is 0.00000176. The standard InChI is InChI=1S/C15H17BrN4O.ClH/c1-10-6-14(15(21)18-9-11-7-17-8-11)19-20(10)13-4-2-12(16)3-5-13;/h2-6,11,17H,7-9H2,1H3,(H,18,21);1H. The van der Waals surface area contributed by atoms with Crippen LogP contribution in [0.5, 0.6) is 0 Å². The molecule has 0 aliphatic carbocycles. The van der Waals surface area contributed by atoms with Gasteiger partial charge in [0, 0.05) is 35.7 Å². The molecule has 3 rings (SSSR count). The van der Waals surface area contributed by atoms with E-state index in [1.165, 1.54) is 0 Å². The van der Waals surface area contributed by atoms with Crippen molar-refractivity contribution in [1.29, 1.82) is 0 Å². The summed E-state index contributed by atoms with van der Waals surface area (Å²) in [6.45, 7) is 4.61. The second-order valence-corrected chi connectivity index (χ2v) is 6.21. The number of nitrogens with zero attached hydrogens (tertiary/aromatic N) is 2. The van der Waals surface area contributed by atoms with Crippen LogP contribution in [-0.4, -0.2) is 35.3 Å². The van der Waals surface area contributed by atoms with E-state index in [0.29, 0.717) is 18.2 Å². The fourth-order valence-corrected chi connectivity index (χ4v) is 2.51. The summed E-state index contributed by atoms with van der Waals surface area (Å²) < 4.78 is 2.80. The Morgan fingerprint density at radius 3 is 2.68 bits per heavy atom. The van der Waals surface area contributed by atoms with Gasteiger partial charge in [0.2, 0.25) is 0 Å². The maximum Gasteiger partial charge on any atom is 0.271 e. The van der Waals surface area contributed by atoms with Gasteiger partial charge < -0.3 is 10.6 Å². The third kappa shape index (κ3) is 3.69. The average molecular weight is 386 g/mol. The summed E-state index contributed by atoms with van der Waals surface area (Å²) in [7, 11) is 0. The van der Waals surface area contributed by atoms with E-state index < -0.39 is 0 Å². The van der Waals surface area contributed by atoms with E-state index in [1.54, 1.807) is 4.68 Å². The van der Waals surface area contributed by atoms with Gasteiger partial charge >= 0.3 is 0 Å². The zero-order valence-corrected chi connectivity index (χ0v) is 14.6. The van der Waals surface area contributed by atoms with Crippen molar-refractivity contribution in [3.8, 4) is 5.69 Å². The lowest BCUT2D eigenvalue weighted by molar-refractivity contribution is 0.0937. The minimum Gasteiger partial charge on any atom is -0.350 e. The maximum absolute atomic E-state index is 12.1. The van der Waals surface area contributed by atoms with Crippen molar-refractivity contribution in [1.82, 2.24) is 20.4 Å². The van der Waals surface area contributed by atoms with E-state index in [0.717, 1.165) is 28.9 Å². The molecule has 1 aliphatic heterocycles. The highest BCUT2D eigenvalue weighted by Crippen LogP contribution is 2.16. The van der Waals surface area contributed by atoms with Gasteiger partial charge in [-0.1, -0.05) is 15.9 Å². The van der Waals surface area contributed by atoms with Crippen molar-refractivity contribution >= 4 is 34.2 Å². The number of carbonyl (C=O) groups excluding carboxylic acids is 1. The van der Waals surface area contributed by atoms with Crippen LogP contribution < -0.4 is 10.6 Å². The van der Waals surface area contributed by atoms with Gasteiger partial charge in [0.05, 0.1) is 5.69 Å². The van der Waals surface area contributed by atoms with Gasteiger partial charge in [0.25, 0.3) is 5.91 Å². The Labute approximate surface area is 144 Å². The van der Waals surface area contributed by atoms with Crippen molar-refractivity contribution in [2.45, 2.75) is 6.92 Å². The number of halogens is 2. The maximum atomic E-state index is 12.1. The summed E-state index contributed by atoms with van der Waals surface area (Å²) in [4.78, 5) is 12.1. The molecule has 1 saturated heterocycles. The van der Waals surface area contributed by atoms with E-state index in [9.17, 15) is 4.79 Å². The van der Waals surface area contributed by atoms with Crippen LogP contribution in [0, 0.1) is 12.8 Å². The number of benzene rings is 1. The summed E-state index contributed by atoms with van der Waals surface area (Å²) in [6.07, 6.45) is 0. The van der Waals surface area contributed by atoms with E-state index >= 15 is 0 Å². The van der Waals surface area contributed by atoms with E-state index in [1.807, 2.05) is 37.3 Å². The third-order valence-electron chi connectivity index (χ3n) is 3.61. The number of carbonyl (C=O) groups is 1.